The van der Waals surface area contributed by atoms with Crippen LogP contribution in [-0.4, -0.2) is 35.5 Å². The summed E-state index contributed by atoms with van der Waals surface area (Å²) in [4.78, 5) is 12.1. The molecular weight excluding hydrogens is 220 g/mol. The second kappa shape index (κ2) is 5.92. The van der Waals surface area contributed by atoms with Crippen LogP contribution in [0.15, 0.2) is 0 Å². The number of hydrogen-bond acceptors (Lipinski definition) is 3. The summed E-state index contributed by atoms with van der Waals surface area (Å²) in [6.45, 7) is 3.25. The number of thioether (sulfide) groups is 1. The maximum atomic E-state index is 12.1. The molecule has 92 valence electrons. The first-order chi connectivity index (χ1) is 7.77. The molecule has 16 heavy (non-hydrogen) atoms. The summed E-state index contributed by atoms with van der Waals surface area (Å²) in [5.41, 5.74) is 0. The molecule has 0 spiro atoms. The zero-order valence-corrected chi connectivity index (χ0v) is 10.8. The number of amides is 1. The van der Waals surface area contributed by atoms with E-state index in [1.54, 1.807) is 0 Å². The zero-order valence-electron chi connectivity index (χ0n) is 10.00. The van der Waals surface area contributed by atoms with Gasteiger partial charge in [-0.05, 0) is 44.9 Å². The van der Waals surface area contributed by atoms with E-state index in [4.69, 9.17) is 0 Å². The quantitative estimate of drug-likeness (QED) is 0.771. The van der Waals surface area contributed by atoms with Gasteiger partial charge < -0.3 is 10.6 Å². The van der Waals surface area contributed by atoms with Gasteiger partial charge >= 0.3 is 0 Å². The minimum atomic E-state index is 0.211. The molecule has 2 heterocycles. The Morgan fingerprint density at radius 3 is 2.88 bits per heavy atom. The van der Waals surface area contributed by atoms with Gasteiger partial charge in [0, 0.05) is 12.1 Å². The summed E-state index contributed by atoms with van der Waals surface area (Å²) in [6, 6.07) is 0.759. The summed E-state index contributed by atoms with van der Waals surface area (Å²) in [7, 11) is 0. The first kappa shape index (κ1) is 12.2. The van der Waals surface area contributed by atoms with Gasteiger partial charge in [-0.1, -0.05) is 6.42 Å². The van der Waals surface area contributed by atoms with Gasteiger partial charge in [0.2, 0.25) is 5.91 Å². The lowest BCUT2D eigenvalue weighted by molar-refractivity contribution is -0.121. The van der Waals surface area contributed by atoms with Crippen LogP contribution in [0.2, 0.25) is 0 Å². The SMILES string of the molecule is CC1NCCCC1NC(=O)C1CCCCS1. The van der Waals surface area contributed by atoms with Gasteiger partial charge in [0.1, 0.15) is 0 Å². The molecule has 3 nitrogen and oxygen atoms in total. The third-order valence-electron chi connectivity index (χ3n) is 3.56. The Morgan fingerprint density at radius 1 is 1.31 bits per heavy atom. The topological polar surface area (TPSA) is 41.1 Å². The summed E-state index contributed by atoms with van der Waals surface area (Å²) >= 11 is 1.83. The van der Waals surface area contributed by atoms with Crippen molar-refractivity contribution in [1.82, 2.24) is 10.6 Å². The number of nitrogens with one attached hydrogen (secondary N) is 2. The second-order valence-corrected chi connectivity index (χ2v) is 6.17. The first-order valence-corrected chi connectivity index (χ1v) is 7.47. The van der Waals surface area contributed by atoms with Gasteiger partial charge in [-0.3, -0.25) is 4.79 Å². The molecule has 2 aliphatic rings. The molecule has 2 N–H and O–H groups in total. The van der Waals surface area contributed by atoms with E-state index in [2.05, 4.69) is 17.6 Å². The minimum Gasteiger partial charge on any atom is -0.351 e. The van der Waals surface area contributed by atoms with E-state index in [1.807, 2.05) is 11.8 Å². The standard InChI is InChI=1S/C12H22N2OS/c1-9-10(5-4-7-13-9)14-12(15)11-6-2-3-8-16-11/h9-11,13H,2-8H2,1H3,(H,14,15). The normalized spacial score (nSPS) is 35.7. The van der Waals surface area contributed by atoms with Gasteiger partial charge in [-0.25, -0.2) is 0 Å². The van der Waals surface area contributed by atoms with Gasteiger partial charge in [0.25, 0.3) is 0 Å². The van der Waals surface area contributed by atoms with Crippen LogP contribution in [0.25, 0.3) is 0 Å². The Morgan fingerprint density at radius 2 is 2.19 bits per heavy atom. The van der Waals surface area contributed by atoms with Crippen LogP contribution < -0.4 is 10.6 Å². The van der Waals surface area contributed by atoms with Crippen LogP contribution in [0.4, 0.5) is 0 Å². The van der Waals surface area contributed by atoms with Crippen LogP contribution in [0.3, 0.4) is 0 Å². The number of rotatable bonds is 2. The van der Waals surface area contributed by atoms with Crippen molar-refractivity contribution in [2.24, 2.45) is 0 Å². The van der Waals surface area contributed by atoms with Crippen molar-refractivity contribution in [3.8, 4) is 0 Å². The molecule has 0 aromatic heterocycles. The molecule has 0 saturated carbocycles. The lowest BCUT2D eigenvalue weighted by Gasteiger charge is -2.32. The molecule has 2 aliphatic heterocycles. The van der Waals surface area contributed by atoms with Crippen molar-refractivity contribution in [3.05, 3.63) is 0 Å². The van der Waals surface area contributed by atoms with Crippen LogP contribution in [0.5, 0.6) is 0 Å². The molecule has 0 aliphatic carbocycles. The van der Waals surface area contributed by atoms with E-state index in [9.17, 15) is 4.79 Å². The third kappa shape index (κ3) is 3.14. The summed E-state index contributed by atoms with van der Waals surface area (Å²) in [6.07, 6.45) is 5.84. The maximum Gasteiger partial charge on any atom is 0.233 e. The van der Waals surface area contributed by atoms with Gasteiger partial charge in [-0.15, -0.1) is 11.8 Å². The molecule has 0 radical (unpaired) electrons. The summed E-state index contributed by atoms with van der Waals surface area (Å²) in [5.74, 6) is 1.42. The van der Waals surface area contributed by atoms with E-state index >= 15 is 0 Å². The van der Waals surface area contributed by atoms with E-state index in [0.29, 0.717) is 12.1 Å². The first-order valence-electron chi connectivity index (χ1n) is 6.43. The largest absolute Gasteiger partial charge is 0.351 e. The zero-order chi connectivity index (χ0) is 11.4. The Labute approximate surface area is 102 Å². The fourth-order valence-corrected chi connectivity index (χ4v) is 3.67. The Balaban J connectivity index is 1.80. The predicted molar refractivity (Wildman–Crippen MR) is 68.7 cm³/mol. The van der Waals surface area contributed by atoms with Crippen LogP contribution in [0, 0.1) is 0 Å². The lowest BCUT2D eigenvalue weighted by atomic mass is 9.99. The fourth-order valence-electron chi connectivity index (χ4n) is 2.46. The molecule has 2 rings (SSSR count). The second-order valence-electron chi connectivity index (χ2n) is 4.86. The van der Waals surface area contributed by atoms with Gasteiger partial charge in [0.05, 0.1) is 5.25 Å². The number of carbonyl (C=O) groups excluding carboxylic acids is 1. The van der Waals surface area contributed by atoms with E-state index in [0.717, 1.165) is 25.1 Å². The average Bonchev–Trinajstić information content (AvgIpc) is 2.33. The molecule has 0 aromatic carbocycles. The van der Waals surface area contributed by atoms with Crippen molar-refractivity contribution in [1.29, 1.82) is 0 Å². The highest BCUT2D eigenvalue weighted by atomic mass is 32.2. The van der Waals surface area contributed by atoms with Crippen molar-refractivity contribution in [2.75, 3.05) is 12.3 Å². The highest BCUT2D eigenvalue weighted by Gasteiger charge is 2.27. The van der Waals surface area contributed by atoms with E-state index < -0.39 is 0 Å². The molecule has 3 atom stereocenters. The molecule has 0 aromatic rings. The minimum absolute atomic E-state index is 0.211. The van der Waals surface area contributed by atoms with Crippen molar-refractivity contribution in [3.63, 3.8) is 0 Å². The molecular formula is C12H22N2OS. The predicted octanol–water partition coefficient (Wildman–Crippen LogP) is 1.53. The number of carbonyl (C=O) groups is 1. The molecule has 0 bridgehead atoms. The van der Waals surface area contributed by atoms with Gasteiger partial charge in [-0.2, -0.15) is 0 Å². The average molecular weight is 242 g/mol. The molecule has 2 fully saturated rings. The molecule has 3 unspecified atom stereocenters. The van der Waals surface area contributed by atoms with Crippen molar-refractivity contribution in [2.45, 2.75) is 56.4 Å². The maximum absolute atomic E-state index is 12.1. The lowest BCUT2D eigenvalue weighted by Crippen LogP contribution is -2.53. The van der Waals surface area contributed by atoms with Gasteiger partial charge in [0.15, 0.2) is 0 Å². The monoisotopic (exact) mass is 242 g/mol. The van der Waals surface area contributed by atoms with E-state index in [1.165, 1.54) is 19.3 Å². The summed E-state index contributed by atoms with van der Waals surface area (Å²) in [5, 5.41) is 6.85. The number of piperidine rings is 1. The smallest absolute Gasteiger partial charge is 0.233 e. The van der Waals surface area contributed by atoms with Crippen LogP contribution in [0.1, 0.15) is 39.0 Å². The Bertz CT molecular complexity index is 241. The summed E-state index contributed by atoms with van der Waals surface area (Å²) < 4.78 is 0. The molecule has 1 amide bonds. The Kier molecular flexibility index (Phi) is 4.53. The Hall–Kier alpha value is -0.220. The molecule has 4 heteroatoms. The van der Waals surface area contributed by atoms with E-state index in [-0.39, 0.29) is 11.2 Å². The fraction of sp³-hybridized carbons (Fsp3) is 0.917. The van der Waals surface area contributed by atoms with Crippen molar-refractivity contribution >= 4 is 17.7 Å². The highest BCUT2D eigenvalue weighted by molar-refractivity contribution is 8.00. The van der Waals surface area contributed by atoms with Crippen LogP contribution >= 0.6 is 11.8 Å². The molecule has 2 saturated heterocycles. The van der Waals surface area contributed by atoms with Crippen LogP contribution in [-0.2, 0) is 4.79 Å². The third-order valence-corrected chi connectivity index (χ3v) is 4.94. The number of hydrogen-bond donors (Lipinski definition) is 2. The van der Waals surface area contributed by atoms with Crippen molar-refractivity contribution < 1.29 is 4.79 Å². The highest BCUT2D eigenvalue weighted by Crippen LogP contribution is 2.25.